The quantitative estimate of drug-likeness (QED) is 0.852. The first-order valence-electron chi connectivity index (χ1n) is 5.43. The zero-order valence-electron chi connectivity index (χ0n) is 11.1. The molecule has 6 nitrogen and oxygen atoms in total. The van der Waals surface area contributed by atoms with Crippen molar-refractivity contribution in [1.29, 1.82) is 0 Å². The highest BCUT2D eigenvalue weighted by Crippen LogP contribution is 2.35. The Morgan fingerprint density at radius 2 is 2.00 bits per heavy atom. The largest absolute Gasteiger partial charge is 0.478 e. The summed E-state index contributed by atoms with van der Waals surface area (Å²) in [5, 5.41) is 5.17. The smallest absolute Gasteiger partial charge is 0.262 e. The molecule has 0 heterocycles. The van der Waals surface area contributed by atoms with Gasteiger partial charge in [0.25, 0.3) is 5.91 Å². The minimum Gasteiger partial charge on any atom is -0.478 e. The lowest BCUT2D eigenvalue weighted by molar-refractivity contribution is -0.135. The predicted molar refractivity (Wildman–Crippen MR) is 79.3 cm³/mol. The van der Waals surface area contributed by atoms with Crippen molar-refractivity contribution in [2.45, 2.75) is 17.9 Å². The van der Waals surface area contributed by atoms with E-state index in [1.165, 1.54) is 24.0 Å². The van der Waals surface area contributed by atoms with Crippen molar-refractivity contribution in [2.24, 2.45) is 5.14 Å². The average Bonchev–Trinajstić information content (AvgIpc) is 2.29. The first-order valence-corrected chi connectivity index (χ1v) is 8.15. The number of nitrogens with zero attached hydrogens (tertiary/aromatic N) is 1. The lowest BCUT2D eigenvalue weighted by Crippen LogP contribution is -2.35. The van der Waals surface area contributed by atoms with E-state index in [4.69, 9.17) is 21.5 Å². The monoisotopic (exact) mass is 384 g/mol. The van der Waals surface area contributed by atoms with Gasteiger partial charge in [-0.25, -0.2) is 13.6 Å². The summed E-state index contributed by atoms with van der Waals surface area (Å²) in [7, 11) is -0.911. The van der Waals surface area contributed by atoms with E-state index >= 15 is 0 Å². The molecule has 1 rings (SSSR count). The Bertz CT molecular complexity index is 634. The molecular weight excluding hydrogens is 372 g/mol. The molecule has 1 aromatic rings. The molecule has 1 aromatic carbocycles. The second kappa shape index (κ2) is 6.30. The molecule has 0 aromatic heterocycles. The van der Waals surface area contributed by atoms with Gasteiger partial charge < -0.3 is 9.64 Å². The van der Waals surface area contributed by atoms with E-state index in [-0.39, 0.29) is 21.6 Å². The van der Waals surface area contributed by atoms with E-state index in [9.17, 15) is 13.2 Å². The zero-order chi connectivity index (χ0) is 15.7. The molecule has 0 spiro atoms. The number of hydrogen-bond donors (Lipinski definition) is 1. The van der Waals surface area contributed by atoms with Crippen LogP contribution in [0.25, 0.3) is 0 Å². The Balaban J connectivity index is 3.28. The van der Waals surface area contributed by atoms with Gasteiger partial charge in [-0.1, -0.05) is 27.5 Å². The van der Waals surface area contributed by atoms with Gasteiger partial charge in [-0.05, 0) is 19.1 Å². The summed E-state index contributed by atoms with van der Waals surface area (Å²) in [6.07, 6.45) is -0.899. The molecule has 0 aliphatic rings. The van der Waals surface area contributed by atoms with Crippen molar-refractivity contribution in [1.82, 2.24) is 4.90 Å². The fourth-order valence-corrected chi connectivity index (χ4v) is 3.22. The third kappa shape index (κ3) is 4.08. The number of carbonyl (C=O) groups is 1. The van der Waals surface area contributed by atoms with Crippen molar-refractivity contribution in [2.75, 3.05) is 14.1 Å². The normalized spacial score (nSPS) is 12.9. The van der Waals surface area contributed by atoms with Crippen molar-refractivity contribution in [3.05, 3.63) is 21.6 Å². The van der Waals surface area contributed by atoms with E-state index in [0.717, 1.165) is 0 Å². The molecule has 0 saturated carbocycles. The number of halogens is 2. The Kier molecular flexibility index (Phi) is 5.42. The molecule has 112 valence electrons. The first kappa shape index (κ1) is 17.2. The third-order valence-electron chi connectivity index (χ3n) is 2.36. The van der Waals surface area contributed by atoms with Gasteiger partial charge in [-0.15, -0.1) is 0 Å². The van der Waals surface area contributed by atoms with Crippen LogP contribution in [-0.4, -0.2) is 39.4 Å². The van der Waals surface area contributed by atoms with Crippen molar-refractivity contribution >= 4 is 43.5 Å². The number of likely N-dealkylation sites (N-methyl/N-ethyl adjacent to an activating group) is 1. The van der Waals surface area contributed by atoms with E-state index in [1.807, 2.05) is 0 Å². The van der Waals surface area contributed by atoms with Crippen LogP contribution in [-0.2, 0) is 14.8 Å². The van der Waals surface area contributed by atoms with Crippen LogP contribution in [0, 0.1) is 0 Å². The molecule has 0 aliphatic heterocycles. The lowest BCUT2D eigenvalue weighted by Gasteiger charge is -2.20. The summed E-state index contributed by atoms with van der Waals surface area (Å²) in [6, 6.07) is 2.72. The molecule has 1 unspecified atom stereocenters. The summed E-state index contributed by atoms with van der Waals surface area (Å²) >= 11 is 9.09. The van der Waals surface area contributed by atoms with Crippen LogP contribution < -0.4 is 9.88 Å². The number of benzene rings is 1. The lowest BCUT2D eigenvalue weighted by atomic mass is 10.3. The van der Waals surface area contributed by atoms with Crippen molar-refractivity contribution < 1.29 is 17.9 Å². The molecule has 9 heteroatoms. The fourth-order valence-electron chi connectivity index (χ4n) is 1.45. The Morgan fingerprint density at radius 3 is 2.45 bits per heavy atom. The molecule has 0 radical (unpaired) electrons. The number of hydrogen-bond acceptors (Lipinski definition) is 4. The Labute approximate surface area is 131 Å². The second-order valence-corrected chi connectivity index (χ2v) is 7.11. The molecule has 1 amide bonds. The zero-order valence-corrected chi connectivity index (χ0v) is 14.2. The van der Waals surface area contributed by atoms with Crippen LogP contribution in [0.4, 0.5) is 0 Å². The summed E-state index contributed by atoms with van der Waals surface area (Å²) in [5.74, 6) is -0.468. The van der Waals surface area contributed by atoms with Gasteiger partial charge in [-0.2, -0.15) is 0 Å². The number of ether oxygens (including phenoxy) is 1. The molecule has 0 fully saturated rings. The fraction of sp³-hybridized carbons (Fsp3) is 0.364. The highest BCUT2D eigenvalue weighted by Gasteiger charge is 2.24. The van der Waals surface area contributed by atoms with Crippen LogP contribution in [0.3, 0.4) is 0 Å². The van der Waals surface area contributed by atoms with Crippen LogP contribution in [0.1, 0.15) is 6.92 Å². The van der Waals surface area contributed by atoms with E-state index in [1.54, 1.807) is 14.1 Å². The van der Waals surface area contributed by atoms with Crippen LogP contribution >= 0.6 is 27.5 Å². The van der Waals surface area contributed by atoms with E-state index < -0.39 is 16.1 Å². The molecule has 0 saturated heterocycles. The summed E-state index contributed by atoms with van der Waals surface area (Å²) in [5.41, 5.74) is 0. The van der Waals surface area contributed by atoms with Gasteiger partial charge in [0, 0.05) is 18.6 Å². The summed E-state index contributed by atoms with van der Waals surface area (Å²) < 4.78 is 28.9. The maximum absolute atomic E-state index is 11.8. The van der Waals surface area contributed by atoms with Gasteiger partial charge in [0.05, 0.1) is 5.02 Å². The molecule has 0 aliphatic carbocycles. The Morgan fingerprint density at radius 1 is 1.45 bits per heavy atom. The minimum atomic E-state index is -4.03. The molecule has 0 bridgehead atoms. The van der Waals surface area contributed by atoms with Gasteiger partial charge in [0.2, 0.25) is 10.0 Å². The third-order valence-corrected chi connectivity index (χ3v) is 4.02. The summed E-state index contributed by atoms with van der Waals surface area (Å²) in [4.78, 5) is 12.8. The van der Waals surface area contributed by atoms with Gasteiger partial charge in [0.15, 0.2) is 11.9 Å². The second-order valence-electron chi connectivity index (χ2n) is 4.25. The standard InChI is InChI=1S/C11H14BrClN2O4S/c1-6(11(16)15(2)3)19-10-8(13)4-7(12)5-9(10)20(14,17)18/h4-6H,1-3H3,(H2,14,17,18). The number of nitrogens with two attached hydrogens (primary N) is 1. The van der Waals surface area contributed by atoms with Gasteiger partial charge in [-0.3, -0.25) is 4.79 Å². The number of amides is 1. The molecule has 2 N–H and O–H groups in total. The minimum absolute atomic E-state index is 0.0433. The maximum atomic E-state index is 11.8. The number of primary sulfonamides is 1. The predicted octanol–water partition coefficient (Wildman–Crippen LogP) is 1.61. The Hall–Kier alpha value is -0.830. The van der Waals surface area contributed by atoms with Crippen LogP contribution in [0.2, 0.25) is 5.02 Å². The highest BCUT2D eigenvalue weighted by molar-refractivity contribution is 9.10. The van der Waals surface area contributed by atoms with Gasteiger partial charge in [0.1, 0.15) is 4.90 Å². The SMILES string of the molecule is CC(Oc1c(Cl)cc(Br)cc1S(N)(=O)=O)C(=O)N(C)C. The number of carbonyl (C=O) groups excluding carboxylic acids is 1. The highest BCUT2D eigenvalue weighted by atomic mass is 79.9. The average molecular weight is 386 g/mol. The molecule has 1 atom stereocenters. The molecule has 20 heavy (non-hydrogen) atoms. The van der Waals surface area contributed by atoms with Crippen molar-refractivity contribution in [3.8, 4) is 5.75 Å². The first-order chi connectivity index (χ1) is 9.04. The van der Waals surface area contributed by atoms with Crippen molar-refractivity contribution in [3.63, 3.8) is 0 Å². The van der Waals surface area contributed by atoms with Gasteiger partial charge >= 0.3 is 0 Å². The molecular formula is C11H14BrClN2O4S. The number of sulfonamides is 1. The van der Waals surface area contributed by atoms with Crippen LogP contribution in [0.15, 0.2) is 21.5 Å². The summed E-state index contributed by atoms with van der Waals surface area (Å²) in [6.45, 7) is 1.49. The van der Waals surface area contributed by atoms with Crippen LogP contribution in [0.5, 0.6) is 5.75 Å². The number of rotatable bonds is 4. The topological polar surface area (TPSA) is 89.7 Å². The van der Waals surface area contributed by atoms with E-state index in [0.29, 0.717) is 4.47 Å². The van der Waals surface area contributed by atoms with E-state index in [2.05, 4.69) is 15.9 Å². The maximum Gasteiger partial charge on any atom is 0.262 e.